The Morgan fingerprint density at radius 3 is 2.41 bits per heavy atom. The molecule has 158 valence electrons. The lowest BCUT2D eigenvalue weighted by Crippen LogP contribution is -2.33. The Morgan fingerprint density at radius 1 is 1.03 bits per heavy atom. The summed E-state index contributed by atoms with van der Waals surface area (Å²) in [5, 5.41) is 23.7. The van der Waals surface area contributed by atoms with Gasteiger partial charge in [-0.25, -0.2) is 18.4 Å². The van der Waals surface area contributed by atoms with E-state index < -0.39 is 15.9 Å². The Kier molecular flexibility index (Phi) is 5.10. The molecule has 1 aliphatic heterocycles. The molecule has 0 fully saturated rings. The monoisotopic (exact) mass is 444 g/mol. The number of nitrogens with one attached hydrogen (secondary N) is 2. The first-order valence-corrected chi connectivity index (χ1v) is 10.7. The van der Waals surface area contributed by atoms with Gasteiger partial charge in [0.1, 0.15) is 29.3 Å². The van der Waals surface area contributed by atoms with Gasteiger partial charge < -0.3 is 16.8 Å². The van der Waals surface area contributed by atoms with Crippen molar-refractivity contribution in [2.75, 3.05) is 16.8 Å². The molecule has 10 nitrogen and oxygen atoms in total. The fraction of sp³-hybridized carbons (Fsp3) is 0.0476. The van der Waals surface area contributed by atoms with E-state index in [-0.39, 0.29) is 44.2 Å². The van der Waals surface area contributed by atoms with E-state index in [4.69, 9.17) is 16.7 Å². The van der Waals surface area contributed by atoms with Crippen molar-refractivity contribution in [2.24, 2.45) is 4.99 Å². The molecule has 1 aromatic heterocycles. The van der Waals surface area contributed by atoms with Crippen LogP contribution < -0.4 is 22.1 Å². The predicted octanol–water partition coefficient (Wildman–Crippen LogP) is 1.89. The summed E-state index contributed by atoms with van der Waals surface area (Å²) < 4.78 is 26.9. The van der Waals surface area contributed by atoms with Crippen molar-refractivity contribution in [3.8, 4) is 12.3 Å². The first kappa shape index (κ1) is 20.7. The molecule has 3 aromatic rings. The van der Waals surface area contributed by atoms with Crippen molar-refractivity contribution in [1.82, 2.24) is 10.3 Å². The Balaban J connectivity index is 2.00. The summed E-state index contributed by atoms with van der Waals surface area (Å²) in [6, 6.07) is 15.3. The van der Waals surface area contributed by atoms with Gasteiger partial charge in [-0.05, 0) is 18.2 Å². The van der Waals surface area contributed by atoms with Crippen LogP contribution in [0.3, 0.4) is 0 Å². The second-order valence-electron chi connectivity index (χ2n) is 6.76. The Labute approximate surface area is 183 Å². The molecule has 1 atom stereocenters. The number of hydrogen-bond donors (Lipinski definition) is 4. The molecule has 1 aliphatic rings. The quantitative estimate of drug-likeness (QED) is 0.346. The topological polar surface area (TPSA) is 183 Å². The molecule has 0 amide bonds. The van der Waals surface area contributed by atoms with Crippen LogP contribution in [0.2, 0.25) is 0 Å². The molecule has 0 aliphatic carbocycles. The number of nitrogen functional groups attached to an aromatic ring is 2. The molecule has 32 heavy (non-hydrogen) atoms. The second-order valence-corrected chi connectivity index (χ2v) is 8.67. The van der Waals surface area contributed by atoms with Crippen LogP contribution in [0, 0.1) is 22.8 Å². The number of aliphatic imine (C=N–C) groups is 1. The van der Waals surface area contributed by atoms with Gasteiger partial charge in [-0.1, -0.05) is 36.4 Å². The lowest BCUT2D eigenvalue weighted by atomic mass is 9.95. The maximum atomic E-state index is 13.4. The summed E-state index contributed by atoms with van der Waals surface area (Å²) in [5.41, 5.74) is 12.7. The number of pyridine rings is 1. The largest absolute Gasteiger partial charge is 0.397 e. The van der Waals surface area contributed by atoms with E-state index >= 15 is 0 Å². The highest BCUT2D eigenvalue weighted by molar-refractivity contribution is 7.91. The summed E-state index contributed by atoms with van der Waals surface area (Å²) in [6.07, 6.45) is 1.76. The van der Waals surface area contributed by atoms with Crippen LogP contribution in [0.15, 0.2) is 69.4 Å². The van der Waals surface area contributed by atoms with Gasteiger partial charge >= 0.3 is 0 Å². The van der Waals surface area contributed by atoms with Crippen LogP contribution >= 0.6 is 0 Å². The van der Waals surface area contributed by atoms with Crippen LogP contribution in [0.5, 0.6) is 0 Å². The minimum absolute atomic E-state index is 0.0128. The lowest BCUT2D eigenvalue weighted by molar-refractivity contribution is 0.594. The molecule has 0 radical (unpaired) electrons. The molecule has 0 bridgehead atoms. The minimum Gasteiger partial charge on any atom is -0.397 e. The molecule has 2 aromatic carbocycles. The van der Waals surface area contributed by atoms with Gasteiger partial charge in [-0.2, -0.15) is 10.5 Å². The number of sulfone groups is 1. The van der Waals surface area contributed by atoms with E-state index in [2.05, 4.69) is 20.6 Å². The van der Waals surface area contributed by atoms with Gasteiger partial charge in [0.15, 0.2) is 6.19 Å². The summed E-state index contributed by atoms with van der Waals surface area (Å²) in [6.45, 7) is 0. The van der Waals surface area contributed by atoms with Crippen LogP contribution in [-0.2, 0) is 9.84 Å². The van der Waals surface area contributed by atoms with Gasteiger partial charge in [0, 0.05) is 11.1 Å². The number of aromatic nitrogens is 1. The zero-order valence-corrected chi connectivity index (χ0v) is 17.3. The highest BCUT2D eigenvalue weighted by Crippen LogP contribution is 2.42. The van der Waals surface area contributed by atoms with Gasteiger partial charge in [-0.3, -0.25) is 5.32 Å². The van der Waals surface area contributed by atoms with Gasteiger partial charge in [0.25, 0.3) is 0 Å². The number of fused-ring (bicyclic) bond motifs is 1. The Bertz CT molecular complexity index is 1440. The van der Waals surface area contributed by atoms with E-state index in [9.17, 15) is 13.7 Å². The molecule has 11 heteroatoms. The SMILES string of the molecule is N#CNC1=NC(c2ccccc2S(=O)(=O)c2ccccc2)c2c(nc(N)c(C#N)c2N)N1. The van der Waals surface area contributed by atoms with Crippen molar-refractivity contribution < 1.29 is 8.42 Å². The molecular weight excluding hydrogens is 428 g/mol. The number of nitrogens with zero attached hydrogens (tertiary/aromatic N) is 4. The van der Waals surface area contributed by atoms with E-state index in [1.54, 1.807) is 42.6 Å². The molecule has 2 heterocycles. The standard InChI is InChI=1S/C21H16N8O2S/c22-10-14-17(24)16-18(27-21(26-11-23)29-20(16)28-19(14)25)13-8-4-5-9-15(13)32(30,31)12-6-2-1-3-7-12/h1-9,18H,(H6,24,25,26,27,28,29). The van der Waals surface area contributed by atoms with E-state index in [0.29, 0.717) is 5.56 Å². The highest BCUT2D eigenvalue weighted by Gasteiger charge is 2.33. The number of rotatable bonds is 3. The van der Waals surface area contributed by atoms with E-state index in [0.717, 1.165) is 0 Å². The van der Waals surface area contributed by atoms with Gasteiger partial charge in [0.05, 0.1) is 15.5 Å². The van der Waals surface area contributed by atoms with Crippen LogP contribution in [-0.4, -0.2) is 19.4 Å². The average Bonchev–Trinajstić information content (AvgIpc) is 2.79. The third-order valence-electron chi connectivity index (χ3n) is 4.91. The number of nitrogens with two attached hydrogens (primary N) is 2. The van der Waals surface area contributed by atoms with Crippen molar-refractivity contribution in [3.63, 3.8) is 0 Å². The fourth-order valence-electron chi connectivity index (χ4n) is 3.48. The molecule has 0 spiro atoms. The number of benzene rings is 2. The number of guanidine groups is 1. The summed E-state index contributed by atoms with van der Waals surface area (Å²) in [7, 11) is -3.91. The van der Waals surface area contributed by atoms with E-state index in [1.165, 1.54) is 18.2 Å². The molecule has 0 saturated heterocycles. The van der Waals surface area contributed by atoms with Crippen LogP contribution in [0.25, 0.3) is 0 Å². The Morgan fingerprint density at radius 2 is 1.72 bits per heavy atom. The average molecular weight is 444 g/mol. The summed E-state index contributed by atoms with van der Waals surface area (Å²) in [5.74, 6) is 0.106. The minimum atomic E-state index is -3.91. The number of nitriles is 2. The van der Waals surface area contributed by atoms with Crippen molar-refractivity contribution >= 4 is 33.1 Å². The van der Waals surface area contributed by atoms with Crippen molar-refractivity contribution in [1.29, 1.82) is 10.5 Å². The second kappa shape index (κ2) is 7.91. The zero-order chi connectivity index (χ0) is 22.9. The van der Waals surface area contributed by atoms with Crippen molar-refractivity contribution in [3.05, 3.63) is 71.3 Å². The number of hydrogen-bond acceptors (Lipinski definition) is 10. The third kappa shape index (κ3) is 3.33. The maximum Gasteiger partial charge on any atom is 0.211 e. The molecule has 1 unspecified atom stereocenters. The third-order valence-corrected chi connectivity index (χ3v) is 6.76. The fourth-order valence-corrected chi connectivity index (χ4v) is 5.00. The summed E-state index contributed by atoms with van der Waals surface area (Å²) in [4.78, 5) is 8.77. The molecule has 4 rings (SSSR count). The lowest BCUT2D eigenvalue weighted by Gasteiger charge is -2.27. The van der Waals surface area contributed by atoms with Crippen LogP contribution in [0.4, 0.5) is 17.3 Å². The molecule has 6 N–H and O–H groups in total. The van der Waals surface area contributed by atoms with Gasteiger partial charge in [-0.15, -0.1) is 0 Å². The van der Waals surface area contributed by atoms with Crippen LogP contribution in [0.1, 0.15) is 22.7 Å². The smallest absolute Gasteiger partial charge is 0.211 e. The van der Waals surface area contributed by atoms with Gasteiger partial charge in [0.2, 0.25) is 15.8 Å². The first-order chi connectivity index (χ1) is 15.4. The number of anilines is 3. The molecule has 0 saturated carbocycles. The first-order valence-electron chi connectivity index (χ1n) is 9.26. The zero-order valence-electron chi connectivity index (χ0n) is 16.4. The maximum absolute atomic E-state index is 13.4. The summed E-state index contributed by atoms with van der Waals surface area (Å²) >= 11 is 0. The highest BCUT2D eigenvalue weighted by atomic mass is 32.2. The Hall–Kier alpha value is -4.61. The van der Waals surface area contributed by atoms with Crippen molar-refractivity contribution in [2.45, 2.75) is 15.8 Å². The predicted molar refractivity (Wildman–Crippen MR) is 118 cm³/mol. The molecular formula is C21H16N8O2S. The van der Waals surface area contributed by atoms with E-state index in [1.807, 2.05) is 6.07 Å². The normalized spacial score (nSPS) is 14.8.